The number of benzene rings is 2. The monoisotopic (exact) mass is 401 g/mol. The van der Waals surface area contributed by atoms with Crippen molar-refractivity contribution in [3.8, 4) is 0 Å². The summed E-state index contributed by atoms with van der Waals surface area (Å²) in [6.45, 7) is 1.07. The molecule has 2 amide bonds. The Morgan fingerprint density at radius 3 is 2.46 bits per heavy atom. The Bertz CT molecular complexity index is 1260. The molecule has 1 aliphatic rings. The zero-order valence-electron chi connectivity index (χ0n) is 15.3. The standard InChI is InChI=1S/C18H19N5O4S/c1-21-15-7-6-14(11-16(15)22(2)18(21)25)28(26,27)20-12-4-3-5-13(10-12)23-9-8-19-17(23)24/h3-7,10-11,20H,8-9H2,1-2H3,(H,19,24). The summed E-state index contributed by atoms with van der Waals surface area (Å²) in [5.74, 6) is 0. The molecular weight excluding hydrogens is 382 g/mol. The summed E-state index contributed by atoms with van der Waals surface area (Å²) in [4.78, 5) is 25.5. The number of hydrogen-bond acceptors (Lipinski definition) is 4. The summed E-state index contributed by atoms with van der Waals surface area (Å²) >= 11 is 0. The quantitative estimate of drug-likeness (QED) is 0.685. The first-order valence-corrected chi connectivity index (χ1v) is 10.1. The van der Waals surface area contributed by atoms with Crippen LogP contribution in [0.1, 0.15) is 0 Å². The Balaban J connectivity index is 1.68. The molecule has 0 atom stereocenters. The molecule has 1 saturated heterocycles. The summed E-state index contributed by atoms with van der Waals surface area (Å²) in [5, 5.41) is 2.71. The fourth-order valence-electron chi connectivity index (χ4n) is 3.32. The van der Waals surface area contributed by atoms with Crippen LogP contribution < -0.4 is 20.6 Å². The van der Waals surface area contributed by atoms with E-state index in [2.05, 4.69) is 10.0 Å². The van der Waals surface area contributed by atoms with Gasteiger partial charge in [0.2, 0.25) is 0 Å². The van der Waals surface area contributed by atoms with E-state index < -0.39 is 10.0 Å². The Morgan fingerprint density at radius 2 is 1.75 bits per heavy atom. The molecule has 3 aromatic rings. The molecule has 2 N–H and O–H groups in total. The van der Waals surface area contributed by atoms with Gasteiger partial charge in [0.1, 0.15) is 0 Å². The van der Waals surface area contributed by atoms with Crippen LogP contribution >= 0.6 is 0 Å². The number of imidazole rings is 1. The SMILES string of the molecule is Cn1c(=O)n(C)c2cc(S(=O)(=O)Nc3cccc(N4CCNC4=O)c3)ccc21. The van der Waals surface area contributed by atoms with Crippen LogP contribution in [0.3, 0.4) is 0 Å². The maximum absolute atomic E-state index is 12.8. The average Bonchev–Trinajstić information content (AvgIpc) is 3.19. The minimum Gasteiger partial charge on any atom is -0.336 e. The number of urea groups is 1. The van der Waals surface area contributed by atoms with Gasteiger partial charge in [0.05, 0.1) is 21.6 Å². The van der Waals surface area contributed by atoms with Crippen LogP contribution in [0, 0.1) is 0 Å². The normalized spacial score (nSPS) is 14.5. The van der Waals surface area contributed by atoms with Crippen LogP contribution in [0.2, 0.25) is 0 Å². The third-order valence-electron chi connectivity index (χ3n) is 4.82. The maximum Gasteiger partial charge on any atom is 0.328 e. The van der Waals surface area contributed by atoms with Gasteiger partial charge in [-0.15, -0.1) is 0 Å². The maximum atomic E-state index is 12.8. The molecule has 1 fully saturated rings. The Kier molecular flexibility index (Phi) is 4.15. The number of aryl methyl sites for hydroxylation is 2. The molecule has 28 heavy (non-hydrogen) atoms. The first-order valence-electron chi connectivity index (χ1n) is 8.62. The van der Waals surface area contributed by atoms with E-state index >= 15 is 0 Å². The van der Waals surface area contributed by atoms with Gasteiger partial charge in [-0.05, 0) is 36.4 Å². The lowest BCUT2D eigenvalue weighted by Crippen LogP contribution is -2.27. The first-order chi connectivity index (χ1) is 13.3. The van der Waals surface area contributed by atoms with Crippen molar-refractivity contribution in [1.29, 1.82) is 0 Å². The molecule has 0 spiro atoms. The minimum atomic E-state index is -3.87. The van der Waals surface area contributed by atoms with Crippen molar-refractivity contribution in [2.45, 2.75) is 4.90 Å². The third-order valence-corrected chi connectivity index (χ3v) is 6.20. The third kappa shape index (κ3) is 2.91. The molecule has 146 valence electrons. The molecule has 0 aliphatic carbocycles. The van der Waals surface area contributed by atoms with Gasteiger partial charge >= 0.3 is 11.7 Å². The smallest absolute Gasteiger partial charge is 0.328 e. The van der Waals surface area contributed by atoms with Crippen molar-refractivity contribution < 1.29 is 13.2 Å². The fourth-order valence-corrected chi connectivity index (χ4v) is 4.39. The number of amides is 2. The number of anilines is 2. The molecule has 0 saturated carbocycles. The number of nitrogens with one attached hydrogen (secondary N) is 2. The highest BCUT2D eigenvalue weighted by Gasteiger charge is 2.22. The second kappa shape index (κ2) is 6.41. The van der Waals surface area contributed by atoms with Gasteiger partial charge < -0.3 is 5.32 Å². The van der Waals surface area contributed by atoms with Crippen molar-refractivity contribution in [3.63, 3.8) is 0 Å². The zero-order valence-corrected chi connectivity index (χ0v) is 16.2. The zero-order chi connectivity index (χ0) is 20.1. The van der Waals surface area contributed by atoms with Crippen molar-refractivity contribution in [2.75, 3.05) is 22.7 Å². The van der Waals surface area contributed by atoms with Crippen LogP contribution in [0.5, 0.6) is 0 Å². The molecular formula is C18H19N5O4S. The van der Waals surface area contributed by atoms with Crippen LogP contribution in [0.25, 0.3) is 11.0 Å². The minimum absolute atomic E-state index is 0.0468. The lowest BCUT2D eigenvalue weighted by Gasteiger charge is -2.16. The number of fused-ring (bicyclic) bond motifs is 1. The molecule has 4 rings (SSSR count). The summed E-state index contributed by atoms with van der Waals surface area (Å²) in [7, 11) is -0.640. The second-order valence-corrected chi connectivity index (χ2v) is 8.27. The molecule has 0 bridgehead atoms. The number of nitrogens with zero attached hydrogens (tertiary/aromatic N) is 3. The molecule has 1 aromatic heterocycles. The van der Waals surface area contributed by atoms with Gasteiger partial charge in [-0.2, -0.15) is 0 Å². The van der Waals surface area contributed by atoms with Gasteiger partial charge in [0.15, 0.2) is 0 Å². The van der Waals surface area contributed by atoms with Gasteiger partial charge in [-0.1, -0.05) is 6.07 Å². The van der Waals surface area contributed by atoms with E-state index in [-0.39, 0.29) is 16.6 Å². The number of hydrogen-bond donors (Lipinski definition) is 2. The lowest BCUT2D eigenvalue weighted by atomic mass is 10.2. The van der Waals surface area contributed by atoms with Gasteiger partial charge in [-0.25, -0.2) is 18.0 Å². The summed E-state index contributed by atoms with van der Waals surface area (Å²) in [6, 6.07) is 11.0. The predicted molar refractivity (Wildman–Crippen MR) is 106 cm³/mol. The highest BCUT2D eigenvalue weighted by atomic mass is 32.2. The average molecular weight is 401 g/mol. The molecule has 10 heteroatoms. The molecule has 1 aliphatic heterocycles. The first kappa shape index (κ1) is 18.1. The van der Waals surface area contributed by atoms with Crippen molar-refractivity contribution in [3.05, 3.63) is 52.9 Å². The van der Waals surface area contributed by atoms with Crippen molar-refractivity contribution in [1.82, 2.24) is 14.5 Å². The van der Waals surface area contributed by atoms with E-state index in [9.17, 15) is 18.0 Å². The highest BCUT2D eigenvalue weighted by Crippen LogP contribution is 2.24. The topological polar surface area (TPSA) is 105 Å². The number of carbonyl (C=O) groups excluding carboxylic acids is 1. The van der Waals surface area contributed by atoms with Crippen LogP contribution in [0.15, 0.2) is 52.2 Å². The van der Waals surface area contributed by atoms with E-state index in [0.29, 0.717) is 35.5 Å². The molecule has 0 unspecified atom stereocenters. The molecule has 2 aromatic carbocycles. The van der Waals surface area contributed by atoms with Gasteiger partial charge in [0.25, 0.3) is 10.0 Å². The number of sulfonamides is 1. The summed E-state index contributed by atoms with van der Waals surface area (Å²) in [5.41, 5.74) is 1.90. The number of rotatable bonds is 4. The van der Waals surface area contributed by atoms with E-state index in [1.165, 1.54) is 21.3 Å². The summed E-state index contributed by atoms with van der Waals surface area (Å²) in [6.07, 6.45) is 0. The van der Waals surface area contributed by atoms with E-state index in [0.717, 1.165) is 0 Å². The van der Waals surface area contributed by atoms with Crippen LogP contribution in [-0.2, 0) is 24.1 Å². The molecule has 2 heterocycles. The van der Waals surface area contributed by atoms with E-state index in [1.807, 2.05) is 0 Å². The lowest BCUT2D eigenvalue weighted by molar-refractivity contribution is 0.252. The predicted octanol–water partition coefficient (Wildman–Crippen LogP) is 1.21. The largest absolute Gasteiger partial charge is 0.336 e. The second-order valence-electron chi connectivity index (χ2n) is 6.59. The fraction of sp³-hybridized carbons (Fsp3) is 0.222. The summed E-state index contributed by atoms with van der Waals surface area (Å²) < 4.78 is 31.1. The molecule has 9 nitrogen and oxygen atoms in total. The van der Waals surface area contributed by atoms with Crippen molar-refractivity contribution in [2.24, 2.45) is 14.1 Å². The Morgan fingerprint density at radius 1 is 1.00 bits per heavy atom. The van der Waals surface area contributed by atoms with Crippen molar-refractivity contribution >= 4 is 38.5 Å². The van der Waals surface area contributed by atoms with Crippen LogP contribution in [-0.4, -0.2) is 36.7 Å². The van der Waals surface area contributed by atoms with Crippen LogP contribution in [0.4, 0.5) is 16.2 Å². The number of carbonyl (C=O) groups is 1. The van der Waals surface area contributed by atoms with Gasteiger partial charge in [-0.3, -0.25) is 18.8 Å². The highest BCUT2D eigenvalue weighted by molar-refractivity contribution is 7.92. The molecule has 0 radical (unpaired) electrons. The Hall–Kier alpha value is -3.27. The Labute approximate surface area is 161 Å². The van der Waals surface area contributed by atoms with E-state index in [4.69, 9.17) is 0 Å². The van der Waals surface area contributed by atoms with E-state index in [1.54, 1.807) is 49.3 Å². The number of aromatic nitrogens is 2. The van der Waals surface area contributed by atoms with Gasteiger partial charge in [0, 0.05) is 32.9 Å².